The predicted molar refractivity (Wildman–Crippen MR) is 107 cm³/mol. The van der Waals surface area contributed by atoms with Gasteiger partial charge in [-0.05, 0) is 56.5 Å². The fraction of sp³-hybridized carbons (Fsp3) is 0.684. The van der Waals surface area contributed by atoms with E-state index in [2.05, 4.69) is 9.62 Å². The molecule has 0 spiro atoms. The summed E-state index contributed by atoms with van der Waals surface area (Å²) in [5.74, 6) is 0. The Labute approximate surface area is 168 Å². The largest absolute Gasteiger partial charge is 0.298 e. The molecular formula is C19H29N3O4S2. The zero-order valence-electron chi connectivity index (χ0n) is 16.1. The normalized spacial score (nSPS) is 25.6. The maximum atomic E-state index is 13.0. The number of nitrogens with one attached hydrogen (secondary N) is 1. The first-order chi connectivity index (χ1) is 13.4. The lowest BCUT2D eigenvalue weighted by molar-refractivity contribution is 0.158. The summed E-state index contributed by atoms with van der Waals surface area (Å²) in [6.45, 7) is 2.83. The first-order valence-electron chi connectivity index (χ1n) is 10.2. The average molecular weight is 428 g/mol. The number of benzene rings is 1. The molecular weight excluding hydrogens is 398 g/mol. The summed E-state index contributed by atoms with van der Waals surface area (Å²) < 4.78 is 55.5. The Hall–Kier alpha value is -1.00. The van der Waals surface area contributed by atoms with Crippen molar-refractivity contribution in [2.24, 2.45) is 0 Å². The Bertz CT molecular complexity index is 894. The third kappa shape index (κ3) is 4.14. The lowest BCUT2D eigenvalue weighted by Crippen LogP contribution is -2.51. The van der Waals surface area contributed by atoms with Crippen LogP contribution in [0.15, 0.2) is 34.1 Å². The van der Waals surface area contributed by atoms with Gasteiger partial charge < -0.3 is 0 Å². The van der Waals surface area contributed by atoms with Crippen LogP contribution >= 0.6 is 0 Å². The quantitative estimate of drug-likeness (QED) is 0.774. The summed E-state index contributed by atoms with van der Waals surface area (Å²) in [5, 5.41) is 0. The summed E-state index contributed by atoms with van der Waals surface area (Å²) in [5.41, 5.74) is 0. The molecule has 1 atom stereocenters. The SMILES string of the molecule is O=S(=O)(NC1CCCCC1)c1ccc(S(=O)(=O)N2CCN3CCCC3C2)cc1. The Balaban J connectivity index is 1.47. The van der Waals surface area contributed by atoms with E-state index in [9.17, 15) is 16.8 Å². The summed E-state index contributed by atoms with van der Waals surface area (Å²) >= 11 is 0. The van der Waals surface area contributed by atoms with Crippen molar-refractivity contribution in [1.29, 1.82) is 0 Å². The van der Waals surface area contributed by atoms with Gasteiger partial charge in [0.05, 0.1) is 9.79 Å². The van der Waals surface area contributed by atoms with Crippen LogP contribution in [0.5, 0.6) is 0 Å². The first-order valence-corrected chi connectivity index (χ1v) is 13.2. The summed E-state index contributed by atoms with van der Waals surface area (Å²) in [4.78, 5) is 2.65. The summed E-state index contributed by atoms with van der Waals surface area (Å²) in [6, 6.07) is 5.94. The van der Waals surface area contributed by atoms with E-state index in [4.69, 9.17) is 0 Å². The molecule has 2 heterocycles. The lowest BCUT2D eigenvalue weighted by atomic mass is 9.96. The van der Waals surface area contributed by atoms with Crippen LogP contribution in [0.4, 0.5) is 0 Å². The molecule has 1 aliphatic carbocycles. The number of hydrogen-bond donors (Lipinski definition) is 1. The molecule has 3 fully saturated rings. The van der Waals surface area contributed by atoms with Gasteiger partial charge in [-0.15, -0.1) is 0 Å². The molecule has 1 unspecified atom stereocenters. The van der Waals surface area contributed by atoms with Crippen LogP contribution in [0.25, 0.3) is 0 Å². The smallest absolute Gasteiger partial charge is 0.243 e. The molecule has 1 aromatic carbocycles. The van der Waals surface area contributed by atoms with Crippen LogP contribution in [0.2, 0.25) is 0 Å². The number of hydrogen-bond acceptors (Lipinski definition) is 5. The third-order valence-electron chi connectivity index (χ3n) is 6.25. The summed E-state index contributed by atoms with van der Waals surface area (Å²) in [6.07, 6.45) is 7.12. The van der Waals surface area contributed by atoms with Crippen LogP contribution in [0.3, 0.4) is 0 Å². The molecule has 1 aromatic rings. The molecule has 156 valence electrons. The van der Waals surface area contributed by atoms with E-state index >= 15 is 0 Å². The van der Waals surface area contributed by atoms with Crippen molar-refractivity contribution < 1.29 is 16.8 Å². The van der Waals surface area contributed by atoms with Crippen molar-refractivity contribution in [3.8, 4) is 0 Å². The van der Waals surface area contributed by atoms with Crippen molar-refractivity contribution in [2.45, 2.75) is 66.8 Å². The molecule has 7 nitrogen and oxygen atoms in total. The molecule has 1 N–H and O–H groups in total. The van der Waals surface area contributed by atoms with Crippen molar-refractivity contribution >= 4 is 20.0 Å². The van der Waals surface area contributed by atoms with Crippen LogP contribution in [-0.4, -0.2) is 64.3 Å². The maximum Gasteiger partial charge on any atom is 0.243 e. The van der Waals surface area contributed by atoms with Gasteiger partial charge in [0.1, 0.15) is 0 Å². The zero-order chi connectivity index (χ0) is 19.8. The van der Waals surface area contributed by atoms with E-state index in [1.807, 2.05) is 0 Å². The minimum absolute atomic E-state index is 0.0233. The highest BCUT2D eigenvalue weighted by Gasteiger charge is 2.36. The maximum absolute atomic E-state index is 13.0. The lowest BCUT2D eigenvalue weighted by Gasteiger charge is -2.36. The fourth-order valence-electron chi connectivity index (χ4n) is 4.63. The Morgan fingerprint density at radius 3 is 2.18 bits per heavy atom. The molecule has 0 bridgehead atoms. The van der Waals surface area contributed by atoms with Gasteiger partial charge >= 0.3 is 0 Å². The van der Waals surface area contributed by atoms with Gasteiger partial charge in [-0.2, -0.15) is 4.31 Å². The van der Waals surface area contributed by atoms with Gasteiger partial charge in [0, 0.05) is 31.7 Å². The van der Waals surface area contributed by atoms with Gasteiger partial charge in [-0.3, -0.25) is 4.90 Å². The highest BCUT2D eigenvalue weighted by atomic mass is 32.2. The molecule has 0 amide bonds. The molecule has 9 heteroatoms. The van der Waals surface area contributed by atoms with Gasteiger partial charge in [0.25, 0.3) is 0 Å². The van der Waals surface area contributed by atoms with Crippen LogP contribution in [0.1, 0.15) is 44.9 Å². The summed E-state index contributed by atoms with van der Waals surface area (Å²) in [7, 11) is -7.22. The van der Waals surface area contributed by atoms with Crippen molar-refractivity contribution in [3.63, 3.8) is 0 Å². The number of sulfonamides is 2. The van der Waals surface area contributed by atoms with Gasteiger partial charge in [-0.1, -0.05) is 19.3 Å². The topological polar surface area (TPSA) is 86.8 Å². The molecule has 0 aromatic heterocycles. The van der Waals surface area contributed by atoms with Crippen LogP contribution < -0.4 is 4.72 Å². The fourth-order valence-corrected chi connectivity index (χ4v) is 7.40. The first kappa shape index (κ1) is 20.3. The number of nitrogens with zero attached hydrogens (tertiary/aromatic N) is 2. The van der Waals surface area contributed by atoms with Gasteiger partial charge in [-0.25, -0.2) is 21.6 Å². The number of rotatable bonds is 5. The second kappa shape index (κ2) is 8.02. The minimum Gasteiger partial charge on any atom is -0.298 e. The van der Waals surface area contributed by atoms with E-state index in [0.717, 1.165) is 58.0 Å². The third-order valence-corrected chi connectivity index (χ3v) is 9.66. The highest BCUT2D eigenvalue weighted by molar-refractivity contribution is 7.89. The predicted octanol–water partition coefficient (Wildman–Crippen LogP) is 1.77. The monoisotopic (exact) mass is 427 g/mol. The van der Waals surface area contributed by atoms with Crippen LogP contribution in [-0.2, 0) is 20.0 Å². The molecule has 4 rings (SSSR count). The molecule has 3 aliphatic rings. The molecule has 0 radical (unpaired) electrons. The molecule has 2 saturated heterocycles. The van der Waals surface area contributed by atoms with Crippen molar-refractivity contribution in [1.82, 2.24) is 13.9 Å². The van der Waals surface area contributed by atoms with E-state index in [0.29, 0.717) is 19.1 Å². The van der Waals surface area contributed by atoms with E-state index < -0.39 is 20.0 Å². The minimum atomic E-state index is -3.62. The molecule has 1 saturated carbocycles. The van der Waals surface area contributed by atoms with E-state index in [1.54, 1.807) is 4.31 Å². The molecule has 2 aliphatic heterocycles. The highest BCUT2D eigenvalue weighted by Crippen LogP contribution is 2.26. The van der Waals surface area contributed by atoms with Gasteiger partial charge in [0.2, 0.25) is 20.0 Å². The van der Waals surface area contributed by atoms with E-state index in [1.165, 1.54) is 24.3 Å². The van der Waals surface area contributed by atoms with Crippen molar-refractivity contribution in [3.05, 3.63) is 24.3 Å². The van der Waals surface area contributed by atoms with Crippen molar-refractivity contribution in [2.75, 3.05) is 26.2 Å². The molecule has 28 heavy (non-hydrogen) atoms. The van der Waals surface area contributed by atoms with Crippen LogP contribution in [0, 0.1) is 0 Å². The van der Waals surface area contributed by atoms with Gasteiger partial charge in [0.15, 0.2) is 0 Å². The second-order valence-electron chi connectivity index (χ2n) is 8.12. The second-order valence-corrected chi connectivity index (χ2v) is 11.8. The standard InChI is InChI=1S/C19H29N3O4S2/c23-27(24,20-16-5-2-1-3-6-16)18-8-10-19(11-9-18)28(25,26)22-14-13-21-12-4-7-17(21)15-22/h8-11,16-17,20H,1-7,12-15H2. The Morgan fingerprint density at radius 1 is 0.786 bits per heavy atom. The Kier molecular flexibility index (Phi) is 5.81. The number of piperazine rings is 1. The average Bonchev–Trinajstić information content (AvgIpc) is 3.16. The Morgan fingerprint density at radius 2 is 1.46 bits per heavy atom. The number of fused-ring (bicyclic) bond motifs is 1. The van der Waals surface area contributed by atoms with E-state index in [-0.39, 0.29) is 15.8 Å². The zero-order valence-corrected chi connectivity index (χ0v) is 17.7.